The van der Waals surface area contributed by atoms with Gasteiger partial charge in [0.2, 0.25) is 0 Å². The Kier molecular flexibility index (Phi) is 2.70. The Hall–Kier alpha value is -1.97. The van der Waals surface area contributed by atoms with Gasteiger partial charge in [0.05, 0.1) is 18.8 Å². The molecule has 0 aliphatic carbocycles. The number of pyridine rings is 1. The van der Waals surface area contributed by atoms with Crippen LogP contribution in [0.25, 0.3) is 11.0 Å². The first-order valence-corrected chi connectivity index (χ1v) is 6.26. The molecule has 1 unspecified atom stereocenters. The fraction of sp³-hybridized carbons (Fsp3) is 0.357. The van der Waals surface area contributed by atoms with Crippen LogP contribution in [0.2, 0.25) is 0 Å². The third-order valence-electron chi connectivity index (χ3n) is 3.21. The number of hydrogen-bond donors (Lipinski definition) is 0. The van der Waals surface area contributed by atoms with Gasteiger partial charge >= 0.3 is 0 Å². The van der Waals surface area contributed by atoms with Gasteiger partial charge in [-0.2, -0.15) is 5.10 Å². The summed E-state index contributed by atoms with van der Waals surface area (Å²) in [5.74, 6) is 0.481. The van der Waals surface area contributed by atoms with Crippen molar-refractivity contribution < 1.29 is 0 Å². The fourth-order valence-electron chi connectivity index (χ4n) is 2.18. The van der Waals surface area contributed by atoms with Gasteiger partial charge in [-0.1, -0.05) is 19.9 Å². The topological polar surface area (TPSA) is 43.1 Å². The second-order valence-corrected chi connectivity index (χ2v) is 4.85. The molecule has 18 heavy (non-hydrogen) atoms. The molecular formula is C14H16N4. The van der Waals surface area contributed by atoms with Crippen LogP contribution in [0.5, 0.6) is 0 Å². The summed E-state index contributed by atoms with van der Waals surface area (Å²) in [6.07, 6.45) is 7.94. The minimum Gasteiger partial charge on any atom is -0.287 e. The molecule has 0 spiro atoms. The summed E-state index contributed by atoms with van der Waals surface area (Å²) in [7, 11) is 0. The highest BCUT2D eigenvalue weighted by atomic mass is 15.3. The lowest BCUT2D eigenvalue weighted by Gasteiger charge is -2.18. The molecule has 0 amide bonds. The summed E-state index contributed by atoms with van der Waals surface area (Å²) in [4.78, 5) is 9.00. The largest absolute Gasteiger partial charge is 0.287 e. The monoisotopic (exact) mass is 240 g/mol. The smallest absolute Gasteiger partial charge is 0.158 e. The number of hydrogen-bond acceptors (Lipinski definition) is 3. The summed E-state index contributed by atoms with van der Waals surface area (Å²) in [6.45, 7) is 5.07. The van der Waals surface area contributed by atoms with Crippen molar-refractivity contribution in [3.05, 3.63) is 36.7 Å². The Balaban J connectivity index is 1.92. The van der Waals surface area contributed by atoms with Gasteiger partial charge in [-0.05, 0) is 24.1 Å². The first kappa shape index (κ1) is 11.1. The summed E-state index contributed by atoms with van der Waals surface area (Å²) in [6, 6.07) is 4.14. The number of allylic oxidation sites excluding steroid dienone is 1. The van der Waals surface area contributed by atoms with E-state index in [1.54, 1.807) is 6.20 Å². The zero-order valence-corrected chi connectivity index (χ0v) is 10.6. The van der Waals surface area contributed by atoms with Crippen molar-refractivity contribution in [1.82, 2.24) is 14.8 Å². The van der Waals surface area contributed by atoms with E-state index in [1.165, 1.54) is 0 Å². The maximum absolute atomic E-state index is 4.61. The molecule has 4 heteroatoms. The fourth-order valence-corrected chi connectivity index (χ4v) is 2.18. The van der Waals surface area contributed by atoms with E-state index >= 15 is 0 Å². The van der Waals surface area contributed by atoms with E-state index in [1.807, 2.05) is 23.0 Å². The Labute approximate surface area is 106 Å². The van der Waals surface area contributed by atoms with Gasteiger partial charge in [0.15, 0.2) is 5.65 Å². The molecule has 0 saturated carbocycles. The van der Waals surface area contributed by atoms with Crippen LogP contribution in [0, 0.1) is 5.92 Å². The Morgan fingerprint density at radius 3 is 3.00 bits per heavy atom. The van der Waals surface area contributed by atoms with Gasteiger partial charge in [0, 0.05) is 17.3 Å². The predicted octanol–water partition coefficient (Wildman–Crippen LogP) is 2.64. The molecule has 3 rings (SSSR count). The first-order valence-electron chi connectivity index (χ1n) is 6.26. The van der Waals surface area contributed by atoms with Crippen LogP contribution >= 0.6 is 0 Å². The Bertz CT molecular complexity index is 622. The number of fused-ring (bicyclic) bond motifs is 1. The third-order valence-corrected chi connectivity index (χ3v) is 3.21. The average Bonchev–Trinajstić information content (AvgIpc) is 2.82. The van der Waals surface area contributed by atoms with E-state index < -0.39 is 0 Å². The normalized spacial score (nSPS) is 19.5. The van der Waals surface area contributed by atoms with Crippen molar-refractivity contribution in [1.29, 1.82) is 0 Å². The van der Waals surface area contributed by atoms with Gasteiger partial charge in [-0.25, -0.2) is 9.67 Å². The highest BCUT2D eigenvalue weighted by molar-refractivity contribution is 5.97. The summed E-state index contributed by atoms with van der Waals surface area (Å²) >= 11 is 0. The molecule has 0 bridgehead atoms. The van der Waals surface area contributed by atoms with Crippen LogP contribution in [-0.2, 0) is 0 Å². The van der Waals surface area contributed by atoms with Crippen molar-refractivity contribution in [2.45, 2.75) is 19.9 Å². The predicted molar refractivity (Wildman–Crippen MR) is 72.8 cm³/mol. The molecule has 2 aromatic rings. The van der Waals surface area contributed by atoms with Gasteiger partial charge in [0.25, 0.3) is 0 Å². The molecule has 1 aliphatic rings. The zero-order chi connectivity index (χ0) is 12.5. The van der Waals surface area contributed by atoms with Crippen molar-refractivity contribution in [2.75, 3.05) is 6.54 Å². The molecule has 0 saturated heterocycles. The maximum Gasteiger partial charge on any atom is 0.158 e. The summed E-state index contributed by atoms with van der Waals surface area (Å²) < 4.78 is 1.95. The highest BCUT2D eigenvalue weighted by Crippen LogP contribution is 2.20. The molecular weight excluding hydrogens is 224 g/mol. The van der Waals surface area contributed by atoms with E-state index in [-0.39, 0.29) is 6.04 Å². The van der Waals surface area contributed by atoms with E-state index in [0.717, 1.165) is 23.3 Å². The standard InChI is InChI=1S/C14H16N4/c1-10(2)13-6-5-12(9-16-13)18-14-11(8-17-18)4-3-7-15-14/h3-8,10,12H,9H2,1-2H3. The quantitative estimate of drug-likeness (QED) is 0.810. The molecule has 1 aliphatic heterocycles. The van der Waals surface area contributed by atoms with Crippen LogP contribution in [0.1, 0.15) is 19.9 Å². The minimum absolute atomic E-state index is 0.180. The zero-order valence-electron chi connectivity index (χ0n) is 10.6. The van der Waals surface area contributed by atoms with Crippen molar-refractivity contribution >= 4 is 16.7 Å². The molecule has 0 N–H and O–H groups in total. The molecule has 1 atom stereocenters. The number of aliphatic imine (C=N–C) groups is 1. The molecule has 92 valence electrons. The SMILES string of the molecule is CC(C)C1=NCC(n2ncc3cccnc32)C=C1. The van der Waals surface area contributed by atoms with Crippen molar-refractivity contribution in [3.8, 4) is 0 Å². The highest BCUT2D eigenvalue weighted by Gasteiger charge is 2.16. The molecule has 0 fully saturated rings. The maximum atomic E-state index is 4.61. The number of dihydropyridines is 1. The van der Waals surface area contributed by atoms with E-state index in [4.69, 9.17) is 0 Å². The number of rotatable bonds is 2. The molecule has 2 aromatic heterocycles. The van der Waals surface area contributed by atoms with Crippen LogP contribution < -0.4 is 0 Å². The number of nitrogens with zero attached hydrogens (tertiary/aromatic N) is 4. The molecule has 0 radical (unpaired) electrons. The lowest BCUT2D eigenvalue weighted by Crippen LogP contribution is -2.18. The van der Waals surface area contributed by atoms with E-state index in [2.05, 4.69) is 41.1 Å². The van der Waals surface area contributed by atoms with Crippen LogP contribution in [0.4, 0.5) is 0 Å². The van der Waals surface area contributed by atoms with Gasteiger partial charge in [-0.15, -0.1) is 0 Å². The Morgan fingerprint density at radius 2 is 2.28 bits per heavy atom. The number of aromatic nitrogens is 3. The van der Waals surface area contributed by atoms with E-state index in [9.17, 15) is 0 Å². The second-order valence-electron chi connectivity index (χ2n) is 4.85. The van der Waals surface area contributed by atoms with E-state index in [0.29, 0.717) is 5.92 Å². The molecule has 4 nitrogen and oxygen atoms in total. The minimum atomic E-state index is 0.180. The Morgan fingerprint density at radius 1 is 1.39 bits per heavy atom. The van der Waals surface area contributed by atoms with Crippen LogP contribution in [0.3, 0.4) is 0 Å². The van der Waals surface area contributed by atoms with Crippen molar-refractivity contribution in [2.24, 2.45) is 10.9 Å². The molecule has 3 heterocycles. The first-order chi connectivity index (χ1) is 8.75. The summed E-state index contributed by atoms with van der Waals surface area (Å²) in [5.41, 5.74) is 2.09. The lowest BCUT2D eigenvalue weighted by atomic mass is 10.0. The van der Waals surface area contributed by atoms with Crippen LogP contribution in [-0.4, -0.2) is 27.0 Å². The van der Waals surface area contributed by atoms with Gasteiger partial charge in [0.1, 0.15) is 0 Å². The third kappa shape index (κ3) is 1.83. The van der Waals surface area contributed by atoms with Crippen molar-refractivity contribution in [3.63, 3.8) is 0 Å². The summed E-state index contributed by atoms with van der Waals surface area (Å²) in [5, 5.41) is 5.50. The van der Waals surface area contributed by atoms with Crippen LogP contribution in [0.15, 0.2) is 41.7 Å². The molecule has 0 aromatic carbocycles. The average molecular weight is 240 g/mol. The second kappa shape index (κ2) is 4.37. The van der Waals surface area contributed by atoms with Gasteiger partial charge < -0.3 is 0 Å². The lowest BCUT2D eigenvalue weighted by molar-refractivity contribution is 0.556. The van der Waals surface area contributed by atoms with Gasteiger partial charge in [-0.3, -0.25) is 4.99 Å².